The SMILES string of the molecule is CC[C@H](C)[C@@H](O)[C@@H](C)[C@@H](O)C/C=C(\C)C(=O)O[C@@H](C(=O)OC(C)(C)C)[C@@H](C)CC. The van der Waals surface area contributed by atoms with Crippen LogP contribution < -0.4 is 0 Å². The summed E-state index contributed by atoms with van der Waals surface area (Å²) in [7, 11) is 0. The Morgan fingerprint density at radius 3 is 1.97 bits per heavy atom. The minimum Gasteiger partial charge on any atom is -0.457 e. The molecule has 170 valence electrons. The summed E-state index contributed by atoms with van der Waals surface area (Å²) < 4.78 is 10.8. The van der Waals surface area contributed by atoms with Crippen LogP contribution in [0.2, 0.25) is 0 Å². The number of aliphatic hydroxyl groups excluding tert-OH is 2. The lowest BCUT2D eigenvalue weighted by Gasteiger charge is -2.28. The lowest BCUT2D eigenvalue weighted by atomic mass is 9.86. The van der Waals surface area contributed by atoms with Gasteiger partial charge in [0.15, 0.2) is 0 Å². The smallest absolute Gasteiger partial charge is 0.348 e. The Hall–Kier alpha value is -1.40. The van der Waals surface area contributed by atoms with Gasteiger partial charge >= 0.3 is 11.9 Å². The molecule has 0 saturated carbocycles. The van der Waals surface area contributed by atoms with Gasteiger partial charge in [0, 0.05) is 17.4 Å². The van der Waals surface area contributed by atoms with E-state index in [-0.39, 0.29) is 24.2 Å². The molecule has 0 rings (SSSR count). The summed E-state index contributed by atoms with van der Waals surface area (Å²) >= 11 is 0. The van der Waals surface area contributed by atoms with Crippen molar-refractivity contribution in [2.75, 3.05) is 0 Å². The first-order valence-electron chi connectivity index (χ1n) is 10.7. The number of carbonyl (C=O) groups excluding carboxylic acids is 2. The fourth-order valence-electron chi connectivity index (χ4n) is 2.76. The fourth-order valence-corrected chi connectivity index (χ4v) is 2.76. The van der Waals surface area contributed by atoms with Crippen LogP contribution in [0.4, 0.5) is 0 Å². The molecule has 0 aliphatic heterocycles. The summed E-state index contributed by atoms with van der Waals surface area (Å²) in [5.41, 5.74) is -0.359. The summed E-state index contributed by atoms with van der Waals surface area (Å²) in [4.78, 5) is 24.9. The van der Waals surface area contributed by atoms with Gasteiger partial charge in [0.2, 0.25) is 6.10 Å². The van der Waals surface area contributed by atoms with E-state index in [1.807, 2.05) is 27.7 Å². The van der Waals surface area contributed by atoms with E-state index in [9.17, 15) is 19.8 Å². The number of aliphatic hydroxyl groups is 2. The molecule has 0 heterocycles. The van der Waals surface area contributed by atoms with Crippen molar-refractivity contribution in [3.05, 3.63) is 11.6 Å². The molecule has 0 spiro atoms. The minimum atomic E-state index is -0.980. The summed E-state index contributed by atoms with van der Waals surface area (Å²) in [6.07, 6.45) is 0.915. The molecule has 0 saturated heterocycles. The monoisotopic (exact) mass is 414 g/mol. The second kappa shape index (κ2) is 12.3. The van der Waals surface area contributed by atoms with Crippen molar-refractivity contribution >= 4 is 11.9 Å². The highest BCUT2D eigenvalue weighted by Crippen LogP contribution is 2.22. The molecule has 0 bridgehead atoms. The highest BCUT2D eigenvalue weighted by atomic mass is 16.6. The highest BCUT2D eigenvalue weighted by Gasteiger charge is 2.33. The fraction of sp³-hybridized carbons (Fsp3) is 0.826. The largest absolute Gasteiger partial charge is 0.457 e. The van der Waals surface area contributed by atoms with Gasteiger partial charge < -0.3 is 19.7 Å². The van der Waals surface area contributed by atoms with Gasteiger partial charge in [-0.1, -0.05) is 47.1 Å². The average Bonchev–Trinajstić information content (AvgIpc) is 2.65. The second-order valence-corrected chi connectivity index (χ2v) is 9.17. The van der Waals surface area contributed by atoms with Gasteiger partial charge in [-0.25, -0.2) is 9.59 Å². The predicted octanol–water partition coefficient (Wildman–Crippen LogP) is 4.03. The van der Waals surface area contributed by atoms with Crippen molar-refractivity contribution in [1.29, 1.82) is 0 Å². The molecule has 0 unspecified atom stereocenters. The maximum Gasteiger partial charge on any atom is 0.348 e. The van der Waals surface area contributed by atoms with E-state index in [0.717, 1.165) is 6.42 Å². The molecule has 0 aliphatic carbocycles. The molecular weight excluding hydrogens is 372 g/mol. The lowest BCUT2D eigenvalue weighted by molar-refractivity contribution is -0.177. The van der Waals surface area contributed by atoms with Crippen LogP contribution in [0.1, 0.15) is 81.6 Å². The lowest BCUT2D eigenvalue weighted by Crippen LogP contribution is -2.39. The average molecular weight is 415 g/mol. The van der Waals surface area contributed by atoms with Gasteiger partial charge in [0.05, 0.1) is 12.2 Å². The highest BCUT2D eigenvalue weighted by molar-refractivity contribution is 5.90. The molecule has 6 atom stereocenters. The molecule has 0 aromatic heterocycles. The van der Waals surface area contributed by atoms with Crippen molar-refractivity contribution in [3.8, 4) is 0 Å². The zero-order chi connectivity index (χ0) is 22.9. The summed E-state index contributed by atoms with van der Waals surface area (Å²) in [6, 6.07) is 0. The van der Waals surface area contributed by atoms with Crippen LogP contribution in [-0.4, -0.2) is 46.1 Å². The van der Waals surface area contributed by atoms with Gasteiger partial charge in [0.1, 0.15) is 5.60 Å². The number of ether oxygens (including phenoxy) is 2. The van der Waals surface area contributed by atoms with Gasteiger partial charge in [0.25, 0.3) is 0 Å². The Morgan fingerprint density at radius 2 is 1.52 bits per heavy atom. The van der Waals surface area contributed by atoms with Crippen molar-refractivity contribution < 1.29 is 29.3 Å². The van der Waals surface area contributed by atoms with Gasteiger partial charge in [-0.2, -0.15) is 0 Å². The van der Waals surface area contributed by atoms with Crippen LogP contribution in [0.15, 0.2) is 11.6 Å². The number of rotatable bonds is 11. The topological polar surface area (TPSA) is 93.1 Å². The molecule has 29 heavy (non-hydrogen) atoms. The molecule has 6 heteroatoms. The Kier molecular flexibility index (Phi) is 11.7. The van der Waals surface area contributed by atoms with Crippen LogP contribution in [0.25, 0.3) is 0 Å². The molecule has 0 aromatic carbocycles. The molecule has 0 aromatic rings. The molecule has 6 nitrogen and oxygen atoms in total. The van der Waals surface area contributed by atoms with Crippen LogP contribution in [0.3, 0.4) is 0 Å². The van der Waals surface area contributed by atoms with E-state index in [4.69, 9.17) is 9.47 Å². The van der Waals surface area contributed by atoms with Crippen molar-refractivity contribution in [1.82, 2.24) is 0 Å². The third-order valence-corrected chi connectivity index (χ3v) is 5.39. The minimum absolute atomic E-state index is 0.0832. The maximum atomic E-state index is 12.5. The number of esters is 2. The Bertz CT molecular complexity index is 548. The third kappa shape index (κ3) is 9.77. The number of carbonyl (C=O) groups is 2. The van der Waals surface area contributed by atoms with Crippen LogP contribution >= 0.6 is 0 Å². The summed E-state index contributed by atoms with van der Waals surface area (Å²) in [5.74, 6) is -1.58. The first-order chi connectivity index (χ1) is 13.2. The first kappa shape index (κ1) is 27.6. The molecule has 0 aliphatic rings. The Morgan fingerprint density at radius 1 is 1.00 bits per heavy atom. The predicted molar refractivity (Wildman–Crippen MR) is 114 cm³/mol. The van der Waals surface area contributed by atoms with Gasteiger partial charge in [-0.3, -0.25) is 0 Å². The first-order valence-corrected chi connectivity index (χ1v) is 10.7. The van der Waals surface area contributed by atoms with Gasteiger partial charge in [-0.05, 0) is 46.5 Å². The molecule has 0 amide bonds. The quantitative estimate of drug-likeness (QED) is 0.392. The Labute approximate surface area is 176 Å². The second-order valence-electron chi connectivity index (χ2n) is 9.17. The molecule has 0 radical (unpaired) electrons. The Balaban J connectivity index is 5.07. The molecule has 2 N–H and O–H groups in total. The van der Waals surface area contributed by atoms with Crippen molar-refractivity contribution in [3.63, 3.8) is 0 Å². The van der Waals surface area contributed by atoms with Crippen LogP contribution in [0.5, 0.6) is 0 Å². The zero-order valence-electron chi connectivity index (χ0n) is 19.7. The van der Waals surface area contributed by atoms with Crippen LogP contribution in [0, 0.1) is 17.8 Å². The standard InChI is InChI=1S/C23H42O6/c1-10-14(3)19(25)17(6)18(24)13-12-16(5)21(26)28-20(15(4)11-2)22(27)29-23(7,8)9/h12,14-15,17-20,24-25H,10-11,13H2,1-9H3/b16-12+/t14-,15-,17-,18-,19+,20+/m0/s1. The van der Waals surface area contributed by atoms with Gasteiger partial charge in [-0.15, -0.1) is 0 Å². The number of hydrogen-bond donors (Lipinski definition) is 2. The van der Waals surface area contributed by atoms with E-state index >= 15 is 0 Å². The number of hydrogen-bond acceptors (Lipinski definition) is 6. The molecule has 0 fully saturated rings. The normalized spacial score (nSPS) is 18.9. The van der Waals surface area contributed by atoms with Crippen molar-refractivity contribution in [2.24, 2.45) is 17.8 Å². The van der Waals surface area contributed by atoms with E-state index in [0.29, 0.717) is 12.0 Å². The maximum absolute atomic E-state index is 12.5. The van der Waals surface area contributed by atoms with E-state index in [1.165, 1.54) is 0 Å². The van der Waals surface area contributed by atoms with E-state index in [1.54, 1.807) is 40.7 Å². The van der Waals surface area contributed by atoms with E-state index < -0.39 is 35.9 Å². The van der Waals surface area contributed by atoms with Crippen LogP contribution in [-0.2, 0) is 19.1 Å². The summed E-state index contributed by atoms with van der Waals surface area (Å²) in [5, 5.41) is 20.6. The zero-order valence-corrected chi connectivity index (χ0v) is 19.7. The third-order valence-electron chi connectivity index (χ3n) is 5.39. The summed E-state index contributed by atoms with van der Waals surface area (Å²) in [6.45, 7) is 16.4. The molecular formula is C23H42O6. The van der Waals surface area contributed by atoms with E-state index in [2.05, 4.69) is 0 Å². The van der Waals surface area contributed by atoms with Crippen molar-refractivity contribution in [2.45, 2.75) is 105 Å².